The van der Waals surface area contributed by atoms with Crippen molar-refractivity contribution < 1.29 is 9.47 Å². The van der Waals surface area contributed by atoms with Crippen LogP contribution < -0.4 is 0 Å². The maximum atomic E-state index is 5.93. The van der Waals surface area contributed by atoms with E-state index in [9.17, 15) is 0 Å². The summed E-state index contributed by atoms with van der Waals surface area (Å²) in [5.74, 6) is 0.765. The molecule has 0 aromatic heterocycles. The number of hydrogen-bond acceptors (Lipinski definition) is 2. The van der Waals surface area contributed by atoms with Gasteiger partial charge in [0.15, 0.2) is 0 Å². The molecule has 3 atom stereocenters. The molecule has 0 aromatic rings. The molecule has 0 radical (unpaired) electrons. The quantitative estimate of drug-likeness (QED) is 0.725. The fourth-order valence-corrected chi connectivity index (χ4v) is 3.23. The Morgan fingerprint density at radius 3 is 2.35 bits per heavy atom. The number of ether oxygens (including phenoxy) is 2. The van der Waals surface area contributed by atoms with E-state index >= 15 is 0 Å². The van der Waals surface area contributed by atoms with E-state index in [2.05, 4.69) is 6.92 Å². The molecule has 0 aromatic carbocycles. The highest BCUT2D eigenvalue weighted by Crippen LogP contribution is 2.28. The highest BCUT2D eigenvalue weighted by molar-refractivity contribution is 4.75. The largest absolute Gasteiger partial charge is 0.378 e. The molecule has 0 saturated carbocycles. The van der Waals surface area contributed by atoms with Crippen LogP contribution in [0.4, 0.5) is 0 Å². The average Bonchev–Trinajstić information content (AvgIpc) is 2.42. The smallest absolute Gasteiger partial charge is 0.0603 e. The molecule has 0 N–H and O–H groups in total. The lowest BCUT2D eigenvalue weighted by Crippen LogP contribution is -2.29. The fourth-order valence-electron chi connectivity index (χ4n) is 3.23. The first-order valence-electron chi connectivity index (χ1n) is 7.63. The second kappa shape index (κ2) is 7.38. The molecular formula is C15H28O2. The summed E-state index contributed by atoms with van der Waals surface area (Å²) in [6, 6.07) is 0. The van der Waals surface area contributed by atoms with Crippen molar-refractivity contribution in [3.63, 3.8) is 0 Å². The van der Waals surface area contributed by atoms with Crippen molar-refractivity contribution in [3.05, 3.63) is 0 Å². The first-order valence-corrected chi connectivity index (χ1v) is 7.63. The van der Waals surface area contributed by atoms with Gasteiger partial charge in [0.2, 0.25) is 0 Å². The Hall–Kier alpha value is -0.0800. The van der Waals surface area contributed by atoms with Gasteiger partial charge in [-0.25, -0.2) is 0 Å². The van der Waals surface area contributed by atoms with E-state index in [0.29, 0.717) is 12.2 Å². The van der Waals surface area contributed by atoms with Crippen LogP contribution in [-0.4, -0.2) is 25.4 Å². The van der Waals surface area contributed by atoms with Crippen molar-refractivity contribution in [2.75, 3.05) is 13.2 Å². The molecule has 0 bridgehead atoms. The lowest BCUT2D eigenvalue weighted by atomic mass is 9.88. The first-order chi connectivity index (χ1) is 8.40. The number of hydrogen-bond donors (Lipinski definition) is 0. The molecule has 0 aliphatic carbocycles. The van der Waals surface area contributed by atoms with Gasteiger partial charge in [-0.2, -0.15) is 0 Å². The summed E-state index contributed by atoms with van der Waals surface area (Å²) < 4.78 is 11.7. The minimum absolute atomic E-state index is 0.539. The third-order valence-electron chi connectivity index (χ3n) is 4.40. The van der Waals surface area contributed by atoms with Gasteiger partial charge in [0.1, 0.15) is 0 Å². The Morgan fingerprint density at radius 2 is 1.76 bits per heavy atom. The zero-order valence-electron chi connectivity index (χ0n) is 11.3. The van der Waals surface area contributed by atoms with Crippen molar-refractivity contribution in [1.29, 1.82) is 0 Å². The van der Waals surface area contributed by atoms with Crippen molar-refractivity contribution in [2.24, 2.45) is 5.92 Å². The van der Waals surface area contributed by atoms with Gasteiger partial charge < -0.3 is 9.47 Å². The SMILES string of the molecule is CCC(CCC1CCCCO1)C1CCCCO1. The zero-order valence-corrected chi connectivity index (χ0v) is 11.3. The van der Waals surface area contributed by atoms with Crippen LogP contribution in [-0.2, 0) is 9.47 Å². The van der Waals surface area contributed by atoms with Gasteiger partial charge in [-0.1, -0.05) is 13.3 Å². The van der Waals surface area contributed by atoms with Gasteiger partial charge in [-0.05, 0) is 57.3 Å². The van der Waals surface area contributed by atoms with Gasteiger partial charge in [0.25, 0.3) is 0 Å². The monoisotopic (exact) mass is 240 g/mol. The first kappa shape index (κ1) is 13.4. The van der Waals surface area contributed by atoms with E-state index < -0.39 is 0 Å². The van der Waals surface area contributed by atoms with E-state index in [4.69, 9.17) is 9.47 Å². The lowest BCUT2D eigenvalue weighted by molar-refractivity contribution is -0.0351. The molecule has 2 aliphatic heterocycles. The second-order valence-corrected chi connectivity index (χ2v) is 5.64. The van der Waals surface area contributed by atoms with Gasteiger partial charge in [-0.3, -0.25) is 0 Å². The van der Waals surface area contributed by atoms with Gasteiger partial charge in [-0.15, -0.1) is 0 Å². The molecule has 2 rings (SSSR count). The lowest BCUT2D eigenvalue weighted by Gasteiger charge is -2.31. The fraction of sp³-hybridized carbons (Fsp3) is 1.00. The third kappa shape index (κ3) is 4.26. The Morgan fingerprint density at radius 1 is 1.00 bits per heavy atom. The Bertz CT molecular complexity index is 193. The van der Waals surface area contributed by atoms with Gasteiger partial charge in [0, 0.05) is 13.2 Å². The summed E-state index contributed by atoms with van der Waals surface area (Å²) >= 11 is 0. The van der Waals surface area contributed by atoms with E-state index in [1.54, 1.807) is 0 Å². The van der Waals surface area contributed by atoms with E-state index in [0.717, 1.165) is 19.1 Å². The van der Waals surface area contributed by atoms with Crippen LogP contribution in [0.25, 0.3) is 0 Å². The van der Waals surface area contributed by atoms with Crippen molar-refractivity contribution in [1.82, 2.24) is 0 Å². The van der Waals surface area contributed by atoms with Crippen LogP contribution in [0.15, 0.2) is 0 Å². The standard InChI is InChI=1S/C15H28O2/c1-2-13(15-8-4-6-12-17-15)9-10-14-7-3-5-11-16-14/h13-15H,2-12H2,1H3. The van der Waals surface area contributed by atoms with E-state index in [1.807, 2.05) is 0 Å². The molecule has 2 nitrogen and oxygen atoms in total. The van der Waals surface area contributed by atoms with Crippen molar-refractivity contribution in [3.8, 4) is 0 Å². The topological polar surface area (TPSA) is 18.5 Å². The Labute approximate surface area is 106 Å². The van der Waals surface area contributed by atoms with Crippen LogP contribution in [0.5, 0.6) is 0 Å². The van der Waals surface area contributed by atoms with E-state index in [1.165, 1.54) is 57.8 Å². The number of rotatable bonds is 5. The molecule has 0 spiro atoms. The molecule has 2 heteroatoms. The van der Waals surface area contributed by atoms with Crippen LogP contribution >= 0.6 is 0 Å². The third-order valence-corrected chi connectivity index (χ3v) is 4.40. The average molecular weight is 240 g/mol. The summed E-state index contributed by atoms with van der Waals surface area (Å²) in [5, 5.41) is 0. The van der Waals surface area contributed by atoms with Crippen molar-refractivity contribution in [2.45, 2.75) is 76.9 Å². The highest BCUT2D eigenvalue weighted by Gasteiger charge is 2.24. The van der Waals surface area contributed by atoms with Crippen molar-refractivity contribution >= 4 is 0 Å². The minimum atomic E-state index is 0.539. The van der Waals surface area contributed by atoms with Gasteiger partial charge in [0.05, 0.1) is 12.2 Å². The van der Waals surface area contributed by atoms with Crippen LogP contribution in [0.3, 0.4) is 0 Å². The summed E-state index contributed by atoms with van der Waals surface area (Å²) in [6.07, 6.45) is 12.7. The molecule has 100 valence electrons. The minimum Gasteiger partial charge on any atom is -0.378 e. The second-order valence-electron chi connectivity index (χ2n) is 5.64. The summed E-state index contributed by atoms with van der Waals surface area (Å²) in [7, 11) is 0. The maximum Gasteiger partial charge on any atom is 0.0603 e. The Balaban J connectivity index is 1.70. The summed E-state index contributed by atoms with van der Waals surface area (Å²) in [6.45, 7) is 4.28. The molecule has 17 heavy (non-hydrogen) atoms. The zero-order chi connectivity index (χ0) is 11.9. The predicted octanol–water partition coefficient (Wildman–Crippen LogP) is 3.93. The normalized spacial score (nSPS) is 32.3. The van der Waals surface area contributed by atoms with Crippen LogP contribution in [0.2, 0.25) is 0 Å². The molecule has 0 amide bonds. The Kier molecular flexibility index (Phi) is 5.79. The van der Waals surface area contributed by atoms with Crippen LogP contribution in [0.1, 0.15) is 64.7 Å². The molecule has 2 fully saturated rings. The predicted molar refractivity (Wildman–Crippen MR) is 70.2 cm³/mol. The highest BCUT2D eigenvalue weighted by atomic mass is 16.5. The van der Waals surface area contributed by atoms with E-state index in [-0.39, 0.29) is 0 Å². The summed E-state index contributed by atoms with van der Waals surface area (Å²) in [5.41, 5.74) is 0. The van der Waals surface area contributed by atoms with Crippen LogP contribution in [0, 0.1) is 5.92 Å². The molecule has 2 aliphatic rings. The molecular weight excluding hydrogens is 212 g/mol. The molecule has 3 unspecified atom stereocenters. The molecule has 2 saturated heterocycles. The van der Waals surface area contributed by atoms with Gasteiger partial charge >= 0.3 is 0 Å². The summed E-state index contributed by atoms with van der Waals surface area (Å²) in [4.78, 5) is 0. The molecule has 2 heterocycles. The maximum absolute atomic E-state index is 5.93.